The van der Waals surface area contributed by atoms with E-state index in [-0.39, 0.29) is 5.25 Å². The maximum absolute atomic E-state index is 11.5. The van der Waals surface area contributed by atoms with E-state index < -0.39 is 9.84 Å². The minimum atomic E-state index is -2.83. The van der Waals surface area contributed by atoms with Crippen LogP contribution in [0.5, 0.6) is 0 Å². The second-order valence-electron chi connectivity index (χ2n) is 5.73. The molecule has 2 saturated heterocycles. The van der Waals surface area contributed by atoms with Crippen molar-refractivity contribution >= 4 is 9.84 Å². The molecule has 0 atom stereocenters. The van der Waals surface area contributed by atoms with E-state index in [0.717, 1.165) is 32.5 Å². The van der Waals surface area contributed by atoms with Gasteiger partial charge in [0.1, 0.15) is 9.84 Å². The predicted molar refractivity (Wildman–Crippen MR) is 74.6 cm³/mol. The van der Waals surface area contributed by atoms with Crippen LogP contribution in [-0.2, 0) is 9.84 Å². The van der Waals surface area contributed by atoms with Crippen molar-refractivity contribution in [2.75, 3.05) is 39.0 Å². The van der Waals surface area contributed by atoms with E-state index in [1.54, 1.807) is 0 Å². The molecule has 106 valence electrons. The summed E-state index contributed by atoms with van der Waals surface area (Å²) in [6.45, 7) is 7.71. The molecule has 2 aliphatic rings. The van der Waals surface area contributed by atoms with Crippen LogP contribution < -0.4 is 0 Å². The smallest absolute Gasteiger partial charge is 0.150 e. The Bertz CT molecular complexity index is 353. The summed E-state index contributed by atoms with van der Waals surface area (Å²) in [5.41, 5.74) is 0. The summed E-state index contributed by atoms with van der Waals surface area (Å²) in [5, 5.41) is -0.0931. The van der Waals surface area contributed by atoms with Gasteiger partial charge in [-0.2, -0.15) is 0 Å². The fourth-order valence-corrected chi connectivity index (χ4v) is 4.34. The van der Waals surface area contributed by atoms with Gasteiger partial charge in [-0.15, -0.1) is 0 Å². The fraction of sp³-hybridized carbons (Fsp3) is 1.00. The Morgan fingerprint density at radius 1 is 1.00 bits per heavy atom. The Labute approximate surface area is 111 Å². The number of rotatable bonds is 3. The van der Waals surface area contributed by atoms with Crippen LogP contribution in [-0.4, -0.2) is 68.5 Å². The molecule has 2 aliphatic heterocycles. The molecule has 0 aliphatic carbocycles. The predicted octanol–water partition coefficient (Wildman–Crippen LogP) is 0.980. The number of piperidine rings is 2. The maximum atomic E-state index is 11.5. The molecule has 4 nitrogen and oxygen atoms in total. The molecule has 0 radical (unpaired) electrons. The van der Waals surface area contributed by atoms with E-state index in [1.807, 2.05) is 0 Å². The SMILES string of the molecule is CCN1CCC(N2CCC(S(C)(=O)=O)CC2)CC1. The second-order valence-corrected chi connectivity index (χ2v) is 8.06. The van der Waals surface area contributed by atoms with Crippen molar-refractivity contribution in [3.63, 3.8) is 0 Å². The third-order valence-corrected chi connectivity index (χ3v) is 6.29. The minimum absolute atomic E-state index is 0.0931. The second kappa shape index (κ2) is 5.88. The third kappa shape index (κ3) is 3.45. The highest BCUT2D eigenvalue weighted by molar-refractivity contribution is 7.91. The first-order chi connectivity index (χ1) is 8.50. The van der Waals surface area contributed by atoms with E-state index in [1.165, 1.54) is 32.2 Å². The standard InChI is InChI=1S/C13H26N2O2S/c1-3-14-8-4-12(5-9-14)15-10-6-13(7-11-15)18(2,16)17/h12-13H,3-11H2,1-2H3. The Morgan fingerprint density at radius 3 is 2.00 bits per heavy atom. The van der Waals surface area contributed by atoms with Gasteiger partial charge < -0.3 is 9.80 Å². The summed E-state index contributed by atoms with van der Waals surface area (Å²) in [4.78, 5) is 5.02. The molecular weight excluding hydrogens is 248 g/mol. The Balaban J connectivity index is 1.80. The number of likely N-dealkylation sites (tertiary alicyclic amines) is 2. The van der Waals surface area contributed by atoms with Gasteiger partial charge in [0, 0.05) is 12.3 Å². The van der Waals surface area contributed by atoms with Gasteiger partial charge in [0.2, 0.25) is 0 Å². The summed E-state index contributed by atoms with van der Waals surface area (Å²) in [7, 11) is -2.83. The summed E-state index contributed by atoms with van der Waals surface area (Å²) in [6, 6.07) is 0.688. The van der Waals surface area contributed by atoms with Crippen molar-refractivity contribution in [1.82, 2.24) is 9.80 Å². The van der Waals surface area contributed by atoms with Gasteiger partial charge in [0.15, 0.2) is 0 Å². The van der Waals surface area contributed by atoms with E-state index in [2.05, 4.69) is 16.7 Å². The van der Waals surface area contributed by atoms with E-state index in [4.69, 9.17) is 0 Å². The van der Waals surface area contributed by atoms with Crippen molar-refractivity contribution in [3.8, 4) is 0 Å². The molecule has 0 aromatic carbocycles. The zero-order chi connectivity index (χ0) is 13.2. The lowest BCUT2D eigenvalue weighted by Crippen LogP contribution is -2.49. The van der Waals surface area contributed by atoms with Gasteiger partial charge in [0.25, 0.3) is 0 Å². The highest BCUT2D eigenvalue weighted by atomic mass is 32.2. The molecule has 0 aromatic heterocycles. The average molecular weight is 274 g/mol. The van der Waals surface area contributed by atoms with E-state index in [0.29, 0.717) is 6.04 Å². The first-order valence-electron chi connectivity index (χ1n) is 7.16. The van der Waals surface area contributed by atoms with Gasteiger partial charge >= 0.3 is 0 Å². The summed E-state index contributed by atoms with van der Waals surface area (Å²) >= 11 is 0. The van der Waals surface area contributed by atoms with Crippen LogP contribution in [0.4, 0.5) is 0 Å². The van der Waals surface area contributed by atoms with Gasteiger partial charge in [-0.05, 0) is 58.4 Å². The topological polar surface area (TPSA) is 40.6 Å². The molecule has 2 rings (SSSR count). The van der Waals surface area contributed by atoms with Crippen LogP contribution >= 0.6 is 0 Å². The Kier molecular flexibility index (Phi) is 4.67. The molecule has 18 heavy (non-hydrogen) atoms. The lowest BCUT2D eigenvalue weighted by molar-refractivity contribution is 0.0957. The first-order valence-corrected chi connectivity index (χ1v) is 9.11. The number of hydrogen-bond acceptors (Lipinski definition) is 4. The summed E-state index contributed by atoms with van der Waals surface area (Å²) in [5.74, 6) is 0. The molecule has 0 spiro atoms. The molecule has 0 N–H and O–H groups in total. The molecule has 2 fully saturated rings. The average Bonchev–Trinajstić information content (AvgIpc) is 2.38. The largest absolute Gasteiger partial charge is 0.303 e. The molecule has 0 unspecified atom stereocenters. The van der Waals surface area contributed by atoms with Gasteiger partial charge in [-0.1, -0.05) is 6.92 Å². The van der Waals surface area contributed by atoms with Gasteiger partial charge in [0.05, 0.1) is 5.25 Å². The van der Waals surface area contributed by atoms with Crippen molar-refractivity contribution in [2.24, 2.45) is 0 Å². The maximum Gasteiger partial charge on any atom is 0.150 e. The zero-order valence-corrected chi connectivity index (χ0v) is 12.5. The van der Waals surface area contributed by atoms with Crippen molar-refractivity contribution in [1.29, 1.82) is 0 Å². The molecule has 0 aromatic rings. The third-order valence-electron chi connectivity index (χ3n) is 4.60. The molecule has 2 heterocycles. The molecule has 0 saturated carbocycles. The lowest BCUT2D eigenvalue weighted by Gasteiger charge is -2.41. The highest BCUT2D eigenvalue weighted by Crippen LogP contribution is 2.23. The molecule has 0 amide bonds. The summed E-state index contributed by atoms with van der Waals surface area (Å²) in [6.07, 6.45) is 5.53. The normalized spacial score (nSPS) is 26.6. The number of nitrogens with zero attached hydrogens (tertiary/aromatic N) is 2. The van der Waals surface area contributed by atoms with Gasteiger partial charge in [-0.25, -0.2) is 8.42 Å². The monoisotopic (exact) mass is 274 g/mol. The van der Waals surface area contributed by atoms with Crippen molar-refractivity contribution in [2.45, 2.75) is 43.9 Å². The van der Waals surface area contributed by atoms with Crippen LogP contribution in [0.25, 0.3) is 0 Å². The fourth-order valence-electron chi connectivity index (χ4n) is 3.27. The van der Waals surface area contributed by atoms with Crippen LogP contribution in [0, 0.1) is 0 Å². The molecule has 0 bridgehead atoms. The van der Waals surface area contributed by atoms with Crippen molar-refractivity contribution in [3.05, 3.63) is 0 Å². The minimum Gasteiger partial charge on any atom is -0.303 e. The lowest BCUT2D eigenvalue weighted by atomic mass is 10.00. The van der Waals surface area contributed by atoms with Crippen LogP contribution in [0.2, 0.25) is 0 Å². The van der Waals surface area contributed by atoms with E-state index in [9.17, 15) is 8.42 Å². The zero-order valence-electron chi connectivity index (χ0n) is 11.6. The number of sulfone groups is 1. The number of hydrogen-bond donors (Lipinski definition) is 0. The molecule has 5 heteroatoms. The first kappa shape index (κ1) is 14.3. The quantitative estimate of drug-likeness (QED) is 0.769. The molecular formula is C13H26N2O2S. The van der Waals surface area contributed by atoms with Crippen LogP contribution in [0.1, 0.15) is 32.6 Å². The van der Waals surface area contributed by atoms with Crippen LogP contribution in [0.15, 0.2) is 0 Å². The van der Waals surface area contributed by atoms with E-state index >= 15 is 0 Å². The summed E-state index contributed by atoms with van der Waals surface area (Å²) < 4.78 is 23.1. The van der Waals surface area contributed by atoms with Crippen molar-refractivity contribution < 1.29 is 8.42 Å². The van der Waals surface area contributed by atoms with Crippen LogP contribution in [0.3, 0.4) is 0 Å². The van der Waals surface area contributed by atoms with Gasteiger partial charge in [-0.3, -0.25) is 0 Å². The Morgan fingerprint density at radius 2 is 1.56 bits per heavy atom. The Hall–Kier alpha value is -0.130. The highest BCUT2D eigenvalue weighted by Gasteiger charge is 2.31.